The molecule has 3 nitrogen and oxygen atoms in total. The molecule has 2 aromatic carbocycles. The third-order valence-electron chi connectivity index (χ3n) is 4.85. The maximum atomic E-state index is 12.7. The number of carbonyl (C=O) groups excluding carboxylic acids is 1. The van der Waals surface area contributed by atoms with Crippen LogP contribution >= 0.6 is 11.3 Å². The molecule has 24 heavy (non-hydrogen) atoms. The van der Waals surface area contributed by atoms with Gasteiger partial charge in [-0.25, -0.2) is 4.98 Å². The average molecular weight is 336 g/mol. The molecule has 0 N–H and O–H groups in total. The molecule has 1 amide bonds. The van der Waals surface area contributed by atoms with Crippen molar-refractivity contribution >= 4 is 27.5 Å². The Morgan fingerprint density at radius 2 is 1.92 bits per heavy atom. The number of carbonyl (C=O) groups is 1. The lowest BCUT2D eigenvalue weighted by molar-refractivity contribution is 0.0691. The van der Waals surface area contributed by atoms with Gasteiger partial charge in [-0.3, -0.25) is 4.79 Å². The summed E-state index contributed by atoms with van der Waals surface area (Å²) in [6.45, 7) is 1.72. The Labute approximate surface area is 146 Å². The molecule has 2 heterocycles. The van der Waals surface area contributed by atoms with Crippen molar-refractivity contribution in [2.75, 3.05) is 13.1 Å². The number of rotatable bonds is 3. The van der Waals surface area contributed by atoms with Crippen LogP contribution in [0.3, 0.4) is 0 Å². The van der Waals surface area contributed by atoms with Crippen molar-refractivity contribution in [1.29, 1.82) is 0 Å². The lowest BCUT2D eigenvalue weighted by Crippen LogP contribution is -2.38. The van der Waals surface area contributed by atoms with Crippen LogP contribution < -0.4 is 0 Å². The number of aromatic nitrogens is 1. The molecule has 1 aliphatic heterocycles. The highest BCUT2D eigenvalue weighted by molar-refractivity contribution is 7.16. The Bertz CT molecular complexity index is 835. The minimum atomic E-state index is 0.156. The van der Waals surface area contributed by atoms with Crippen molar-refractivity contribution in [3.8, 4) is 0 Å². The number of hydrogen-bond donors (Lipinski definition) is 0. The van der Waals surface area contributed by atoms with E-state index in [0.717, 1.165) is 48.1 Å². The zero-order valence-electron chi connectivity index (χ0n) is 13.5. The van der Waals surface area contributed by atoms with Gasteiger partial charge in [0.2, 0.25) is 0 Å². The Morgan fingerprint density at radius 3 is 2.71 bits per heavy atom. The summed E-state index contributed by atoms with van der Waals surface area (Å²) in [6.07, 6.45) is 3.29. The van der Waals surface area contributed by atoms with Crippen LogP contribution in [0, 0.1) is 5.92 Å². The monoisotopic (exact) mass is 336 g/mol. The summed E-state index contributed by atoms with van der Waals surface area (Å²) in [5.41, 5.74) is 4.98. The molecule has 0 spiro atoms. The third-order valence-corrected chi connectivity index (χ3v) is 5.64. The molecule has 1 saturated heterocycles. The van der Waals surface area contributed by atoms with Gasteiger partial charge in [0, 0.05) is 18.7 Å². The van der Waals surface area contributed by atoms with E-state index in [1.165, 1.54) is 5.56 Å². The zero-order chi connectivity index (χ0) is 16.4. The second-order valence-electron chi connectivity index (χ2n) is 6.46. The molecule has 4 rings (SSSR count). The van der Waals surface area contributed by atoms with Gasteiger partial charge < -0.3 is 4.90 Å². The topological polar surface area (TPSA) is 33.2 Å². The molecular formula is C20H20N2OS. The van der Waals surface area contributed by atoms with Crippen LogP contribution in [0.4, 0.5) is 0 Å². The summed E-state index contributed by atoms with van der Waals surface area (Å²) in [6, 6.07) is 16.5. The summed E-state index contributed by atoms with van der Waals surface area (Å²) < 4.78 is 1.08. The second-order valence-corrected chi connectivity index (χ2v) is 7.35. The fraction of sp³-hybridized carbons (Fsp3) is 0.300. The lowest BCUT2D eigenvalue weighted by atomic mass is 9.90. The van der Waals surface area contributed by atoms with Gasteiger partial charge in [-0.05, 0) is 48.9 Å². The molecule has 0 aliphatic carbocycles. The van der Waals surface area contributed by atoms with E-state index in [-0.39, 0.29) is 5.91 Å². The van der Waals surface area contributed by atoms with Crippen LogP contribution in [0.1, 0.15) is 28.8 Å². The van der Waals surface area contributed by atoms with Crippen molar-refractivity contribution in [2.45, 2.75) is 19.3 Å². The van der Waals surface area contributed by atoms with E-state index in [4.69, 9.17) is 0 Å². The predicted molar refractivity (Wildman–Crippen MR) is 98.4 cm³/mol. The van der Waals surface area contributed by atoms with Crippen molar-refractivity contribution in [3.05, 3.63) is 65.2 Å². The van der Waals surface area contributed by atoms with E-state index in [1.807, 2.05) is 28.6 Å². The molecule has 0 radical (unpaired) electrons. The molecule has 0 bridgehead atoms. The van der Waals surface area contributed by atoms with Gasteiger partial charge in [-0.2, -0.15) is 0 Å². The van der Waals surface area contributed by atoms with Gasteiger partial charge in [0.1, 0.15) is 0 Å². The predicted octanol–water partition coefficient (Wildman–Crippen LogP) is 4.39. The molecule has 0 unspecified atom stereocenters. The first-order chi connectivity index (χ1) is 11.8. The lowest BCUT2D eigenvalue weighted by Gasteiger charge is -2.32. The van der Waals surface area contributed by atoms with Crippen molar-refractivity contribution < 1.29 is 4.79 Å². The van der Waals surface area contributed by atoms with E-state index >= 15 is 0 Å². The quantitative estimate of drug-likeness (QED) is 0.710. The van der Waals surface area contributed by atoms with E-state index in [0.29, 0.717) is 5.92 Å². The fourth-order valence-electron chi connectivity index (χ4n) is 3.46. The first-order valence-corrected chi connectivity index (χ1v) is 9.34. The van der Waals surface area contributed by atoms with Crippen LogP contribution in [0.5, 0.6) is 0 Å². The van der Waals surface area contributed by atoms with Crippen LogP contribution in [-0.2, 0) is 6.42 Å². The fourth-order valence-corrected chi connectivity index (χ4v) is 4.17. The van der Waals surface area contributed by atoms with Crippen molar-refractivity contribution in [3.63, 3.8) is 0 Å². The van der Waals surface area contributed by atoms with Crippen LogP contribution in [0.2, 0.25) is 0 Å². The average Bonchev–Trinajstić information content (AvgIpc) is 3.10. The molecule has 0 saturated carbocycles. The Balaban J connectivity index is 1.39. The van der Waals surface area contributed by atoms with E-state index in [2.05, 4.69) is 35.3 Å². The standard InChI is InChI=1S/C20H20N2OS/c23-20(17-6-7-18-19(13-17)24-14-21-18)22-10-8-16(9-11-22)12-15-4-2-1-3-5-15/h1-7,13-14,16H,8-12H2. The van der Waals surface area contributed by atoms with Gasteiger partial charge in [-0.1, -0.05) is 30.3 Å². The number of amides is 1. The van der Waals surface area contributed by atoms with Gasteiger partial charge in [-0.15, -0.1) is 11.3 Å². The second kappa shape index (κ2) is 6.73. The molecule has 1 aromatic heterocycles. The van der Waals surface area contributed by atoms with Gasteiger partial charge in [0.15, 0.2) is 0 Å². The van der Waals surface area contributed by atoms with Gasteiger partial charge in [0.05, 0.1) is 15.7 Å². The highest BCUT2D eigenvalue weighted by Crippen LogP contribution is 2.24. The number of hydrogen-bond acceptors (Lipinski definition) is 3. The smallest absolute Gasteiger partial charge is 0.253 e. The normalized spacial score (nSPS) is 15.8. The maximum Gasteiger partial charge on any atom is 0.253 e. The molecule has 1 aliphatic rings. The SMILES string of the molecule is O=C(c1ccc2ncsc2c1)N1CCC(Cc2ccccc2)CC1. The minimum Gasteiger partial charge on any atom is -0.339 e. The molecule has 0 atom stereocenters. The van der Waals surface area contributed by atoms with Crippen molar-refractivity contribution in [1.82, 2.24) is 9.88 Å². The Morgan fingerprint density at radius 1 is 1.12 bits per heavy atom. The molecule has 122 valence electrons. The third kappa shape index (κ3) is 3.20. The number of thiazole rings is 1. The maximum absolute atomic E-state index is 12.7. The van der Waals surface area contributed by atoms with Crippen molar-refractivity contribution in [2.24, 2.45) is 5.92 Å². The summed E-state index contributed by atoms with van der Waals surface area (Å²) in [5.74, 6) is 0.837. The highest BCUT2D eigenvalue weighted by atomic mass is 32.1. The Kier molecular flexibility index (Phi) is 4.30. The summed E-state index contributed by atoms with van der Waals surface area (Å²) >= 11 is 1.59. The van der Waals surface area contributed by atoms with Gasteiger partial charge in [0.25, 0.3) is 5.91 Å². The van der Waals surface area contributed by atoms with Crippen LogP contribution in [-0.4, -0.2) is 28.9 Å². The summed E-state index contributed by atoms with van der Waals surface area (Å²) in [5, 5.41) is 0. The zero-order valence-corrected chi connectivity index (χ0v) is 14.3. The molecule has 4 heteroatoms. The van der Waals surface area contributed by atoms with Crippen LogP contribution in [0.15, 0.2) is 54.0 Å². The number of piperidine rings is 1. The summed E-state index contributed by atoms with van der Waals surface area (Å²) in [4.78, 5) is 19.0. The molecule has 1 fully saturated rings. The van der Waals surface area contributed by atoms with Crippen LogP contribution in [0.25, 0.3) is 10.2 Å². The number of fused-ring (bicyclic) bond motifs is 1. The number of likely N-dealkylation sites (tertiary alicyclic amines) is 1. The largest absolute Gasteiger partial charge is 0.339 e. The minimum absolute atomic E-state index is 0.156. The highest BCUT2D eigenvalue weighted by Gasteiger charge is 2.24. The van der Waals surface area contributed by atoms with E-state index in [1.54, 1.807) is 11.3 Å². The molecular weight excluding hydrogens is 316 g/mol. The summed E-state index contributed by atoms with van der Waals surface area (Å²) in [7, 11) is 0. The first kappa shape index (κ1) is 15.3. The first-order valence-electron chi connectivity index (χ1n) is 8.46. The number of benzene rings is 2. The van der Waals surface area contributed by atoms with E-state index in [9.17, 15) is 4.79 Å². The van der Waals surface area contributed by atoms with E-state index < -0.39 is 0 Å². The molecule has 3 aromatic rings. The van der Waals surface area contributed by atoms with Gasteiger partial charge >= 0.3 is 0 Å². The number of nitrogens with zero attached hydrogens (tertiary/aromatic N) is 2. The Hall–Kier alpha value is -2.20.